The Balaban J connectivity index is 1.49. The van der Waals surface area contributed by atoms with Crippen molar-refractivity contribution in [2.45, 2.75) is 37.6 Å². The molecule has 218 valence electrons. The summed E-state index contributed by atoms with van der Waals surface area (Å²) in [6.07, 6.45) is 4.68. The predicted molar refractivity (Wildman–Crippen MR) is 164 cm³/mol. The van der Waals surface area contributed by atoms with Crippen molar-refractivity contribution in [2.75, 3.05) is 0 Å². The first kappa shape index (κ1) is 28.9. The summed E-state index contributed by atoms with van der Waals surface area (Å²) in [6.45, 7) is 2.22. The van der Waals surface area contributed by atoms with E-state index in [1.165, 1.54) is 40.2 Å². The quantitative estimate of drug-likeness (QED) is 0.204. The molecule has 3 heterocycles. The highest BCUT2D eigenvalue weighted by Crippen LogP contribution is 2.41. The molecule has 2 aromatic carbocycles. The molecule has 1 fully saturated rings. The summed E-state index contributed by atoms with van der Waals surface area (Å²) < 4.78 is 40.6. The Labute approximate surface area is 255 Å². The standard InChI is InChI=1S/C31H25FN4O4S3/c1-18-15-34-29(42-18)10-8-19-3-2-4-22(11-19)26-14-23(30-35-25(17-41-30)31(37)38)27(13-20-5-6-20)36(26)16-21-7-9-28(24(32)12-21)43(33,39)40/h2-4,7,9,11-12,14-15,17,20H,5-6,13,16H2,1H3,(H,37,38)(H2,33,39,40). The second-order valence-electron chi connectivity index (χ2n) is 10.4. The Morgan fingerprint density at radius 2 is 2.00 bits per heavy atom. The van der Waals surface area contributed by atoms with Gasteiger partial charge in [-0.3, -0.25) is 0 Å². The van der Waals surface area contributed by atoms with Gasteiger partial charge in [0.15, 0.2) is 10.7 Å². The number of nitrogens with two attached hydrogens (primary N) is 1. The van der Waals surface area contributed by atoms with Crippen LogP contribution in [0.25, 0.3) is 21.8 Å². The van der Waals surface area contributed by atoms with Crippen molar-refractivity contribution in [1.29, 1.82) is 0 Å². The van der Waals surface area contributed by atoms with Gasteiger partial charge in [-0.15, -0.1) is 22.7 Å². The van der Waals surface area contributed by atoms with Crippen LogP contribution in [0, 0.1) is 30.5 Å². The van der Waals surface area contributed by atoms with Gasteiger partial charge in [0, 0.05) is 45.5 Å². The molecule has 0 radical (unpaired) electrons. The summed E-state index contributed by atoms with van der Waals surface area (Å²) in [5.74, 6) is 4.76. The van der Waals surface area contributed by atoms with E-state index in [0.717, 1.165) is 57.2 Å². The van der Waals surface area contributed by atoms with Crippen LogP contribution in [0.5, 0.6) is 0 Å². The molecule has 0 saturated heterocycles. The molecule has 43 heavy (non-hydrogen) atoms. The first-order valence-corrected chi connectivity index (χ1v) is 16.6. The van der Waals surface area contributed by atoms with Gasteiger partial charge in [0.1, 0.15) is 15.7 Å². The van der Waals surface area contributed by atoms with Crippen molar-refractivity contribution in [3.63, 3.8) is 0 Å². The lowest BCUT2D eigenvalue weighted by molar-refractivity contribution is 0.0691. The molecule has 1 aliphatic rings. The molecule has 0 aliphatic heterocycles. The van der Waals surface area contributed by atoms with Crippen molar-refractivity contribution in [2.24, 2.45) is 11.1 Å². The van der Waals surface area contributed by atoms with Gasteiger partial charge in [0.05, 0.1) is 0 Å². The molecule has 1 saturated carbocycles. The summed E-state index contributed by atoms with van der Waals surface area (Å²) in [5, 5.41) is 17.5. The molecular weight excluding hydrogens is 608 g/mol. The third-order valence-corrected chi connectivity index (χ3v) is 9.73. The number of sulfonamides is 1. The minimum absolute atomic E-state index is 0.0259. The van der Waals surface area contributed by atoms with Crippen LogP contribution in [0.1, 0.15) is 50.0 Å². The van der Waals surface area contributed by atoms with Crippen LogP contribution in [-0.2, 0) is 23.0 Å². The second-order valence-corrected chi connectivity index (χ2v) is 14.0. The number of aromatic nitrogens is 3. The maximum Gasteiger partial charge on any atom is 0.355 e. The van der Waals surface area contributed by atoms with E-state index in [0.29, 0.717) is 16.5 Å². The molecule has 12 heteroatoms. The molecule has 0 bridgehead atoms. The Morgan fingerprint density at radius 3 is 2.65 bits per heavy atom. The topological polar surface area (TPSA) is 128 Å². The summed E-state index contributed by atoms with van der Waals surface area (Å²) in [7, 11) is -4.21. The van der Waals surface area contributed by atoms with Crippen LogP contribution >= 0.6 is 22.7 Å². The summed E-state index contributed by atoms with van der Waals surface area (Å²) in [4.78, 5) is 20.8. The highest BCUT2D eigenvalue weighted by atomic mass is 32.2. The van der Waals surface area contributed by atoms with E-state index in [1.54, 1.807) is 12.3 Å². The number of halogens is 1. The first-order valence-electron chi connectivity index (χ1n) is 13.3. The lowest BCUT2D eigenvalue weighted by atomic mass is 10.1. The molecule has 0 amide bonds. The van der Waals surface area contributed by atoms with E-state index < -0.39 is 26.7 Å². The molecule has 3 aromatic heterocycles. The molecule has 1 aliphatic carbocycles. The van der Waals surface area contributed by atoms with Gasteiger partial charge in [0.25, 0.3) is 0 Å². The third-order valence-electron chi connectivity index (χ3n) is 7.08. The van der Waals surface area contributed by atoms with Gasteiger partial charge < -0.3 is 9.67 Å². The van der Waals surface area contributed by atoms with Crippen LogP contribution in [0.4, 0.5) is 4.39 Å². The summed E-state index contributed by atoms with van der Waals surface area (Å²) >= 11 is 2.78. The molecule has 8 nitrogen and oxygen atoms in total. The maximum absolute atomic E-state index is 14.9. The summed E-state index contributed by atoms with van der Waals surface area (Å²) in [6, 6.07) is 13.7. The number of aromatic carboxylic acids is 1. The molecule has 6 rings (SSSR count). The van der Waals surface area contributed by atoms with Crippen LogP contribution in [0.2, 0.25) is 0 Å². The zero-order valence-electron chi connectivity index (χ0n) is 22.9. The van der Waals surface area contributed by atoms with Gasteiger partial charge >= 0.3 is 5.97 Å². The third kappa shape index (κ3) is 6.45. The SMILES string of the molecule is Cc1cnc(C#Cc2cccc(-c3cc(-c4nc(C(=O)O)cs4)c(CC4CC4)n3Cc3ccc(S(N)(=O)=O)c(F)c3)c2)s1. The number of carbonyl (C=O) groups is 1. The Bertz CT molecular complexity index is 2050. The summed E-state index contributed by atoms with van der Waals surface area (Å²) in [5.41, 5.74) is 4.76. The largest absolute Gasteiger partial charge is 0.476 e. The monoisotopic (exact) mass is 632 g/mol. The molecule has 0 spiro atoms. The Kier molecular flexibility index (Phi) is 7.74. The van der Waals surface area contributed by atoms with E-state index in [2.05, 4.69) is 26.4 Å². The van der Waals surface area contributed by atoms with Crippen LogP contribution in [0.15, 0.2) is 65.0 Å². The Hall–Kier alpha value is -4.15. The smallest absolute Gasteiger partial charge is 0.355 e. The van der Waals surface area contributed by atoms with Gasteiger partial charge in [0.2, 0.25) is 10.0 Å². The zero-order valence-corrected chi connectivity index (χ0v) is 25.3. The number of aryl methyl sites for hydroxylation is 1. The van der Waals surface area contributed by atoms with Crippen LogP contribution in [-0.4, -0.2) is 34.0 Å². The molecule has 5 aromatic rings. The average Bonchev–Trinajstić information content (AvgIpc) is 3.30. The van der Waals surface area contributed by atoms with E-state index in [9.17, 15) is 22.7 Å². The highest BCUT2D eigenvalue weighted by Gasteiger charge is 2.28. The van der Waals surface area contributed by atoms with E-state index in [1.807, 2.05) is 37.3 Å². The fraction of sp³-hybridized carbons (Fsp3) is 0.194. The fourth-order valence-corrected chi connectivity index (χ4v) is 6.89. The minimum Gasteiger partial charge on any atom is -0.476 e. The van der Waals surface area contributed by atoms with Crippen LogP contribution in [0.3, 0.4) is 0 Å². The highest BCUT2D eigenvalue weighted by molar-refractivity contribution is 7.89. The normalized spacial score (nSPS) is 13.1. The minimum atomic E-state index is -4.21. The van der Waals surface area contributed by atoms with Gasteiger partial charge in [-0.2, -0.15) is 0 Å². The van der Waals surface area contributed by atoms with E-state index >= 15 is 0 Å². The second kappa shape index (κ2) is 11.5. The maximum atomic E-state index is 14.9. The average molecular weight is 633 g/mol. The van der Waals surface area contributed by atoms with Crippen molar-refractivity contribution >= 4 is 38.7 Å². The number of hydrogen-bond donors (Lipinski definition) is 2. The molecular formula is C31H25FN4O4S3. The zero-order chi connectivity index (χ0) is 30.3. The number of benzene rings is 2. The van der Waals surface area contributed by atoms with Gasteiger partial charge in [-0.05, 0) is 79.5 Å². The lowest BCUT2D eigenvalue weighted by Crippen LogP contribution is -2.14. The fourth-order valence-electron chi connectivity index (χ4n) is 4.86. The number of primary sulfonamides is 1. The number of thiazole rings is 2. The molecule has 0 unspecified atom stereocenters. The van der Waals surface area contributed by atoms with Crippen molar-refractivity contribution < 1.29 is 22.7 Å². The van der Waals surface area contributed by atoms with E-state index in [4.69, 9.17) is 5.14 Å². The Morgan fingerprint density at radius 1 is 1.19 bits per heavy atom. The van der Waals surface area contributed by atoms with Crippen molar-refractivity contribution in [3.05, 3.63) is 98.3 Å². The van der Waals surface area contributed by atoms with Crippen molar-refractivity contribution in [3.8, 4) is 33.7 Å². The molecule has 3 N–H and O–H groups in total. The number of rotatable bonds is 8. The van der Waals surface area contributed by atoms with Gasteiger partial charge in [-0.1, -0.05) is 24.1 Å². The predicted octanol–water partition coefficient (Wildman–Crippen LogP) is 5.93. The van der Waals surface area contributed by atoms with E-state index in [-0.39, 0.29) is 12.2 Å². The van der Waals surface area contributed by atoms with Crippen molar-refractivity contribution in [1.82, 2.24) is 14.5 Å². The number of carboxylic acid groups (broad SMARTS) is 1. The first-order chi connectivity index (χ1) is 20.5. The number of nitrogens with zero attached hydrogens (tertiary/aromatic N) is 3. The van der Waals surface area contributed by atoms with Crippen LogP contribution < -0.4 is 5.14 Å². The number of hydrogen-bond acceptors (Lipinski definition) is 7. The van der Waals surface area contributed by atoms with Gasteiger partial charge in [-0.25, -0.2) is 32.7 Å². The number of carboxylic acids is 1. The molecule has 0 atom stereocenters. The lowest BCUT2D eigenvalue weighted by Gasteiger charge is -2.16.